The van der Waals surface area contributed by atoms with Crippen molar-refractivity contribution in [2.24, 2.45) is 11.5 Å². The van der Waals surface area contributed by atoms with Crippen LogP contribution in [0.2, 0.25) is 0 Å². The third-order valence-corrected chi connectivity index (χ3v) is 4.77. The number of hydrazine groups is 1. The SMILES string of the molecule is CC(C)N(C(N)=O)N(CCCOc1cccc(CN2CCCCC2)c1)C(N)=O. The number of hydrogen-bond acceptors (Lipinski definition) is 4. The van der Waals surface area contributed by atoms with Gasteiger partial charge in [-0.25, -0.2) is 19.6 Å². The van der Waals surface area contributed by atoms with Crippen LogP contribution in [0.5, 0.6) is 5.75 Å². The summed E-state index contributed by atoms with van der Waals surface area (Å²) in [5, 5.41) is 2.34. The summed E-state index contributed by atoms with van der Waals surface area (Å²) >= 11 is 0. The Bertz CT molecular complexity index is 646. The van der Waals surface area contributed by atoms with E-state index in [-0.39, 0.29) is 12.6 Å². The summed E-state index contributed by atoms with van der Waals surface area (Å²) in [5.41, 5.74) is 12.0. The minimum atomic E-state index is -0.712. The van der Waals surface area contributed by atoms with E-state index in [2.05, 4.69) is 17.0 Å². The highest BCUT2D eigenvalue weighted by Gasteiger charge is 2.24. The molecule has 2 rings (SSSR count). The molecule has 0 unspecified atom stereocenters. The van der Waals surface area contributed by atoms with Gasteiger partial charge in [0.1, 0.15) is 5.75 Å². The number of ether oxygens (including phenoxy) is 1. The molecule has 28 heavy (non-hydrogen) atoms. The Balaban J connectivity index is 1.84. The maximum Gasteiger partial charge on any atom is 0.333 e. The average molecular weight is 392 g/mol. The summed E-state index contributed by atoms with van der Waals surface area (Å²) in [5.74, 6) is 0.802. The van der Waals surface area contributed by atoms with Gasteiger partial charge in [0.15, 0.2) is 0 Å². The fourth-order valence-electron chi connectivity index (χ4n) is 3.49. The number of carbonyl (C=O) groups is 2. The van der Waals surface area contributed by atoms with Crippen LogP contribution in [0.25, 0.3) is 0 Å². The number of likely N-dealkylation sites (tertiary alicyclic amines) is 1. The second kappa shape index (κ2) is 10.8. The highest BCUT2D eigenvalue weighted by molar-refractivity contribution is 5.78. The summed E-state index contributed by atoms with van der Waals surface area (Å²) in [6, 6.07) is 6.41. The van der Waals surface area contributed by atoms with Crippen molar-refractivity contribution in [2.45, 2.75) is 52.1 Å². The first-order chi connectivity index (χ1) is 13.4. The summed E-state index contributed by atoms with van der Waals surface area (Å²) in [7, 11) is 0. The van der Waals surface area contributed by atoms with E-state index in [0.717, 1.165) is 25.4 Å². The number of hydrogen-bond donors (Lipinski definition) is 2. The molecule has 1 aliphatic rings. The lowest BCUT2D eigenvalue weighted by Crippen LogP contribution is -2.57. The third kappa shape index (κ3) is 6.60. The first-order valence-electron chi connectivity index (χ1n) is 9.98. The van der Waals surface area contributed by atoms with Crippen molar-refractivity contribution in [2.75, 3.05) is 26.2 Å². The molecule has 1 aliphatic heterocycles. The number of nitrogens with two attached hydrogens (primary N) is 2. The smallest absolute Gasteiger partial charge is 0.333 e. The molecule has 0 aromatic heterocycles. The molecule has 0 saturated carbocycles. The van der Waals surface area contributed by atoms with Crippen LogP contribution in [0.1, 0.15) is 45.1 Å². The molecular weight excluding hydrogens is 358 g/mol. The third-order valence-electron chi connectivity index (χ3n) is 4.77. The Morgan fingerprint density at radius 3 is 2.46 bits per heavy atom. The van der Waals surface area contributed by atoms with E-state index in [1.54, 1.807) is 13.8 Å². The molecule has 8 heteroatoms. The van der Waals surface area contributed by atoms with Crippen molar-refractivity contribution in [1.82, 2.24) is 14.9 Å². The zero-order chi connectivity index (χ0) is 20.5. The van der Waals surface area contributed by atoms with Crippen LogP contribution < -0.4 is 16.2 Å². The number of benzene rings is 1. The Morgan fingerprint density at radius 1 is 1.14 bits per heavy atom. The molecule has 0 aliphatic carbocycles. The number of amides is 4. The molecule has 156 valence electrons. The van der Waals surface area contributed by atoms with E-state index in [1.807, 2.05) is 12.1 Å². The maximum absolute atomic E-state index is 11.7. The predicted octanol–water partition coefficient (Wildman–Crippen LogP) is 2.53. The normalized spacial score (nSPS) is 14.7. The Labute approximate surface area is 167 Å². The van der Waals surface area contributed by atoms with Crippen molar-refractivity contribution in [3.05, 3.63) is 29.8 Å². The minimum absolute atomic E-state index is 0.254. The largest absolute Gasteiger partial charge is 0.494 e. The quantitative estimate of drug-likeness (QED) is 0.525. The van der Waals surface area contributed by atoms with Gasteiger partial charge in [-0.15, -0.1) is 0 Å². The summed E-state index contributed by atoms with van der Waals surface area (Å²) in [4.78, 5) is 25.8. The van der Waals surface area contributed by atoms with Crippen molar-refractivity contribution in [3.63, 3.8) is 0 Å². The van der Waals surface area contributed by atoms with Gasteiger partial charge in [0, 0.05) is 25.6 Å². The lowest BCUT2D eigenvalue weighted by molar-refractivity contribution is 0.0285. The molecule has 4 N–H and O–H groups in total. The Morgan fingerprint density at radius 2 is 1.86 bits per heavy atom. The van der Waals surface area contributed by atoms with E-state index in [1.165, 1.54) is 34.8 Å². The van der Waals surface area contributed by atoms with Gasteiger partial charge in [-0.3, -0.25) is 4.90 Å². The molecule has 0 atom stereocenters. The van der Waals surface area contributed by atoms with E-state index in [0.29, 0.717) is 13.0 Å². The van der Waals surface area contributed by atoms with E-state index < -0.39 is 12.1 Å². The number of urea groups is 2. The molecule has 1 heterocycles. The number of rotatable bonds is 8. The van der Waals surface area contributed by atoms with Gasteiger partial charge in [-0.05, 0) is 57.5 Å². The highest BCUT2D eigenvalue weighted by atomic mass is 16.5. The summed E-state index contributed by atoms with van der Waals surface area (Å²) < 4.78 is 5.83. The lowest BCUT2D eigenvalue weighted by atomic mass is 10.1. The number of carbonyl (C=O) groups excluding carboxylic acids is 2. The van der Waals surface area contributed by atoms with Crippen LogP contribution in [-0.2, 0) is 6.54 Å². The van der Waals surface area contributed by atoms with E-state index in [4.69, 9.17) is 16.2 Å². The van der Waals surface area contributed by atoms with Gasteiger partial charge in [0.05, 0.1) is 6.61 Å². The van der Waals surface area contributed by atoms with Crippen LogP contribution in [0.4, 0.5) is 9.59 Å². The van der Waals surface area contributed by atoms with Gasteiger partial charge in [-0.1, -0.05) is 18.6 Å². The van der Waals surface area contributed by atoms with Gasteiger partial charge < -0.3 is 16.2 Å². The molecule has 1 aromatic rings. The molecule has 1 saturated heterocycles. The topological polar surface area (TPSA) is 105 Å². The predicted molar refractivity (Wildman–Crippen MR) is 109 cm³/mol. The number of primary amides is 2. The summed E-state index contributed by atoms with van der Waals surface area (Å²) in [6.07, 6.45) is 4.39. The highest BCUT2D eigenvalue weighted by Crippen LogP contribution is 2.18. The average Bonchev–Trinajstić information content (AvgIpc) is 2.64. The first kappa shape index (κ1) is 21.8. The van der Waals surface area contributed by atoms with Crippen molar-refractivity contribution in [3.8, 4) is 5.75 Å². The fraction of sp³-hybridized carbons (Fsp3) is 0.600. The number of nitrogens with zero attached hydrogens (tertiary/aromatic N) is 3. The molecule has 0 bridgehead atoms. The molecule has 1 aromatic carbocycles. The number of piperidine rings is 1. The lowest BCUT2D eigenvalue weighted by Gasteiger charge is -2.35. The second-order valence-electron chi connectivity index (χ2n) is 7.42. The van der Waals surface area contributed by atoms with Crippen LogP contribution in [0, 0.1) is 0 Å². The van der Waals surface area contributed by atoms with Crippen molar-refractivity contribution < 1.29 is 14.3 Å². The Hall–Kier alpha value is -2.48. The maximum atomic E-state index is 11.7. The second-order valence-corrected chi connectivity index (χ2v) is 7.42. The fourth-order valence-corrected chi connectivity index (χ4v) is 3.49. The standard InChI is InChI=1S/C20H33N5O3/c1-16(2)25(20(22)27)24(19(21)26)12-7-13-28-18-9-6-8-17(14-18)15-23-10-4-3-5-11-23/h6,8-9,14,16H,3-5,7,10-13,15H2,1-2H3,(H2,21,26)(H2,22,27). The zero-order valence-corrected chi connectivity index (χ0v) is 17.0. The molecule has 1 fully saturated rings. The van der Waals surface area contributed by atoms with Gasteiger partial charge in [0.25, 0.3) is 0 Å². The van der Waals surface area contributed by atoms with Crippen LogP contribution in [0.15, 0.2) is 24.3 Å². The molecule has 8 nitrogen and oxygen atoms in total. The summed E-state index contributed by atoms with van der Waals surface area (Å²) in [6.45, 7) is 7.44. The van der Waals surface area contributed by atoms with Crippen LogP contribution >= 0.6 is 0 Å². The molecular formula is C20H33N5O3. The zero-order valence-electron chi connectivity index (χ0n) is 17.0. The molecule has 0 radical (unpaired) electrons. The minimum Gasteiger partial charge on any atom is -0.494 e. The molecule has 0 spiro atoms. The van der Waals surface area contributed by atoms with Gasteiger partial charge >= 0.3 is 12.1 Å². The first-order valence-corrected chi connectivity index (χ1v) is 9.98. The monoisotopic (exact) mass is 391 g/mol. The van der Waals surface area contributed by atoms with Gasteiger partial charge in [0.2, 0.25) is 0 Å². The van der Waals surface area contributed by atoms with E-state index >= 15 is 0 Å². The molecule has 4 amide bonds. The van der Waals surface area contributed by atoms with Crippen molar-refractivity contribution >= 4 is 12.1 Å². The van der Waals surface area contributed by atoms with Crippen molar-refractivity contribution in [1.29, 1.82) is 0 Å². The van der Waals surface area contributed by atoms with Crippen LogP contribution in [-0.4, -0.2) is 59.3 Å². The van der Waals surface area contributed by atoms with Crippen LogP contribution in [0.3, 0.4) is 0 Å². The van der Waals surface area contributed by atoms with E-state index in [9.17, 15) is 9.59 Å². The Kier molecular flexibility index (Phi) is 8.38. The van der Waals surface area contributed by atoms with Gasteiger partial charge in [-0.2, -0.15) is 0 Å².